The van der Waals surface area contributed by atoms with Crippen molar-refractivity contribution in [1.82, 2.24) is 14.8 Å². The molecule has 3 amide bonds. The van der Waals surface area contributed by atoms with Gasteiger partial charge in [-0.3, -0.25) is 9.59 Å². The SMILES string of the molecule is CC(C)c1ccc(NC(=O)CC2OC3CN(C(=O)OC(C)(C)C)CC3N(CCc3c[nH]c4ccccc34)C2=O)cc1. The lowest BCUT2D eigenvalue weighted by Crippen LogP contribution is -2.59. The van der Waals surface area contributed by atoms with Crippen molar-refractivity contribution in [3.8, 4) is 0 Å². The summed E-state index contributed by atoms with van der Waals surface area (Å²) in [5, 5.41) is 4.02. The van der Waals surface area contributed by atoms with E-state index < -0.39 is 23.9 Å². The normalized spacial score (nSPS) is 20.9. The molecule has 3 aromatic rings. The smallest absolute Gasteiger partial charge is 0.410 e. The van der Waals surface area contributed by atoms with Crippen molar-refractivity contribution in [1.29, 1.82) is 0 Å². The summed E-state index contributed by atoms with van der Waals surface area (Å²) in [7, 11) is 0. The molecule has 218 valence electrons. The monoisotopic (exact) mass is 560 g/mol. The first-order chi connectivity index (χ1) is 19.5. The van der Waals surface area contributed by atoms with E-state index in [1.165, 1.54) is 5.56 Å². The molecule has 2 saturated heterocycles. The van der Waals surface area contributed by atoms with Crippen molar-refractivity contribution in [3.63, 3.8) is 0 Å². The molecule has 0 spiro atoms. The van der Waals surface area contributed by atoms with E-state index >= 15 is 0 Å². The molecule has 2 aliphatic heterocycles. The number of likely N-dealkylation sites (tertiary alicyclic amines) is 1. The fraction of sp³-hybridized carbons (Fsp3) is 0.469. The summed E-state index contributed by atoms with van der Waals surface area (Å²) < 4.78 is 11.8. The van der Waals surface area contributed by atoms with Crippen LogP contribution in [-0.4, -0.2) is 76.2 Å². The Labute approximate surface area is 241 Å². The summed E-state index contributed by atoms with van der Waals surface area (Å²) in [6, 6.07) is 15.5. The minimum absolute atomic E-state index is 0.107. The van der Waals surface area contributed by atoms with E-state index in [4.69, 9.17) is 9.47 Å². The van der Waals surface area contributed by atoms with Gasteiger partial charge in [0.15, 0.2) is 0 Å². The quantitative estimate of drug-likeness (QED) is 0.420. The Bertz CT molecular complexity index is 1410. The second-order valence-corrected chi connectivity index (χ2v) is 12.3. The van der Waals surface area contributed by atoms with Crippen LogP contribution in [0.15, 0.2) is 54.7 Å². The van der Waals surface area contributed by atoms with Gasteiger partial charge in [0.25, 0.3) is 5.91 Å². The molecule has 2 aliphatic rings. The van der Waals surface area contributed by atoms with Crippen molar-refractivity contribution in [2.45, 2.75) is 77.2 Å². The van der Waals surface area contributed by atoms with E-state index in [0.717, 1.165) is 16.5 Å². The minimum Gasteiger partial charge on any atom is -0.444 e. The molecule has 0 bridgehead atoms. The Balaban J connectivity index is 1.31. The second-order valence-electron chi connectivity index (χ2n) is 12.3. The van der Waals surface area contributed by atoms with Gasteiger partial charge < -0.3 is 29.6 Å². The zero-order chi connectivity index (χ0) is 29.3. The minimum atomic E-state index is -0.937. The molecule has 9 heteroatoms. The molecule has 2 fully saturated rings. The van der Waals surface area contributed by atoms with Gasteiger partial charge in [-0.15, -0.1) is 0 Å². The average Bonchev–Trinajstić information content (AvgIpc) is 3.52. The van der Waals surface area contributed by atoms with Crippen molar-refractivity contribution < 1.29 is 23.9 Å². The van der Waals surface area contributed by atoms with Crippen LogP contribution in [0.2, 0.25) is 0 Å². The highest BCUT2D eigenvalue weighted by atomic mass is 16.6. The van der Waals surface area contributed by atoms with Crippen LogP contribution in [0.3, 0.4) is 0 Å². The van der Waals surface area contributed by atoms with Gasteiger partial charge in [-0.05, 0) is 62.4 Å². The van der Waals surface area contributed by atoms with Gasteiger partial charge in [0.2, 0.25) is 5.91 Å². The highest BCUT2D eigenvalue weighted by Gasteiger charge is 2.49. The van der Waals surface area contributed by atoms with Gasteiger partial charge in [0.05, 0.1) is 25.1 Å². The van der Waals surface area contributed by atoms with Crippen LogP contribution < -0.4 is 5.32 Å². The molecule has 2 N–H and O–H groups in total. The van der Waals surface area contributed by atoms with Crippen LogP contribution in [0.4, 0.5) is 10.5 Å². The molecule has 0 saturated carbocycles. The van der Waals surface area contributed by atoms with Crippen molar-refractivity contribution in [3.05, 3.63) is 65.9 Å². The number of H-pyrrole nitrogens is 1. The topological polar surface area (TPSA) is 104 Å². The zero-order valence-electron chi connectivity index (χ0n) is 24.5. The van der Waals surface area contributed by atoms with Crippen LogP contribution in [0.5, 0.6) is 0 Å². The summed E-state index contributed by atoms with van der Waals surface area (Å²) in [6.07, 6.45) is 0.721. The summed E-state index contributed by atoms with van der Waals surface area (Å²) in [5.41, 5.74) is 3.37. The second kappa shape index (κ2) is 11.6. The predicted molar refractivity (Wildman–Crippen MR) is 158 cm³/mol. The number of hydrogen-bond donors (Lipinski definition) is 2. The molecule has 5 rings (SSSR count). The van der Waals surface area contributed by atoms with Crippen molar-refractivity contribution >= 4 is 34.5 Å². The molecule has 0 aliphatic carbocycles. The number of amides is 3. The maximum Gasteiger partial charge on any atom is 0.410 e. The number of carbonyl (C=O) groups excluding carboxylic acids is 3. The number of nitrogens with zero attached hydrogens (tertiary/aromatic N) is 2. The van der Waals surface area contributed by atoms with Gasteiger partial charge in [-0.25, -0.2) is 4.79 Å². The Hall–Kier alpha value is -3.85. The average molecular weight is 561 g/mol. The van der Waals surface area contributed by atoms with Gasteiger partial charge in [-0.2, -0.15) is 0 Å². The number of nitrogens with one attached hydrogen (secondary N) is 2. The lowest BCUT2D eigenvalue weighted by atomic mass is 10.0. The highest BCUT2D eigenvalue weighted by molar-refractivity contribution is 5.95. The molecule has 2 aromatic carbocycles. The van der Waals surface area contributed by atoms with Gasteiger partial charge in [-0.1, -0.05) is 44.2 Å². The van der Waals surface area contributed by atoms with Gasteiger partial charge in [0.1, 0.15) is 11.7 Å². The number of para-hydroxylation sites is 1. The predicted octanol–water partition coefficient (Wildman–Crippen LogP) is 5.08. The van der Waals surface area contributed by atoms with E-state index in [9.17, 15) is 14.4 Å². The molecule has 3 unspecified atom stereocenters. The number of anilines is 1. The number of fused-ring (bicyclic) bond motifs is 2. The third-order valence-electron chi connectivity index (χ3n) is 7.72. The Kier molecular flexibility index (Phi) is 8.09. The molecule has 9 nitrogen and oxygen atoms in total. The Morgan fingerprint density at radius 2 is 1.83 bits per heavy atom. The molecular formula is C32H40N4O5. The Morgan fingerprint density at radius 3 is 2.54 bits per heavy atom. The molecule has 3 atom stereocenters. The summed E-state index contributed by atoms with van der Waals surface area (Å²) >= 11 is 0. The van der Waals surface area contributed by atoms with E-state index in [-0.39, 0.29) is 24.3 Å². The number of carbonyl (C=O) groups is 3. The summed E-state index contributed by atoms with van der Waals surface area (Å²) in [4.78, 5) is 46.4. The molecular weight excluding hydrogens is 520 g/mol. The fourth-order valence-electron chi connectivity index (χ4n) is 5.61. The maximum atomic E-state index is 13.8. The number of ether oxygens (including phenoxy) is 2. The number of aromatic nitrogens is 1. The number of benzene rings is 2. The van der Waals surface area contributed by atoms with Crippen LogP contribution in [0.1, 0.15) is 58.1 Å². The van der Waals surface area contributed by atoms with Crippen LogP contribution in [-0.2, 0) is 25.5 Å². The van der Waals surface area contributed by atoms with Crippen LogP contribution >= 0.6 is 0 Å². The number of morpholine rings is 1. The Morgan fingerprint density at radius 1 is 1.10 bits per heavy atom. The van der Waals surface area contributed by atoms with E-state index in [1.807, 2.05) is 69.4 Å². The summed E-state index contributed by atoms with van der Waals surface area (Å²) in [5.74, 6) is -0.136. The van der Waals surface area contributed by atoms with E-state index in [0.29, 0.717) is 37.7 Å². The third kappa shape index (κ3) is 6.56. The first-order valence-corrected chi connectivity index (χ1v) is 14.4. The molecule has 41 heavy (non-hydrogen) atoms. The molecule has 3 heterocycles. The van der Waals surface area contributed by atoms with Crippen LogP contribution in [0, 0.1) is 0 Å². The number of aromatic amines is 1. The molecule has 0 radical (unpaired) electrons. The van der Waals surface area contributed by atoms with Crippen molar-refractivity contribution in [2.24, 2.45) is 0 Å². The maximum absolute atomic E-state index is 13.8. The van der Waals surface area contributed by atoms with Gasteiger partial charge in [0, 0.05) is 35.9 Å². The number of rotatable bonds is 7. The van der Waals surface area contributed by atoms with Crippen molar-refractivity contribution in [2.75, 3.05) is 25.0 Å². The largest absolute Gasteiger partial charge is 0.444 e. The lowest BCUT2D eigenvalue weighted by Gasteiger charge is -2.40. The lowest BCUT2D eigenvalue weighted by molar-refractivity contribution is -0.168. The number of hydrogen-bond acceptors (Lipinski definition) is 5. The first-order valence-electron chi connectivity index (χ1n) is 14.4. The summed E-state index contributed by atoms with van der Waals surface area (Å²) in [6.45, 7) is 10.8. The standard InChI is InChI=1S/C32H40N4O5/c1-20(2)21-10-12-23(13-11-21)34-29(37)16-27-30(38)36(15-14-22-17-33-25-9-7-6-8-24(22)25)26-18-35(19-28(26)40-27)31(39)41-32(3,4)5/h6-13,17,20,26-28,33H,14-16,18-19H2,1-5H3,(H,34,37). The zero-order valence-corrected chi connectivity index (χ0v) is 24.5. The first kappa shape index (κ1) is 28.7. The third-order valence-corrected chi connectivity index (χ3v) is 7.72. The fourth-order valence-corrected chi connectivity index (χ4v) is 5.61. The highest BCUT2D eigenvalue weighted by Crippen LogP contribution is 2.30. The van der Waals surface area contributed by atoms with E-state index in [1.54, 1.807) is 9.80 Å². The van der Waals surface area contributed by atoms with E-state index in [2.05, 4.69) is 30.2 Å². The molecule has 1 aromatic heterocycles. The van der Waals surface area contributed by atoms with Crippen LogP contribution in [0.25, 0.3) is 10.9 Å². The van der Waals surface area contributed by atoms with Gasteiger partial charge >= 0.3 is 6.09 Å².